The molecule has 2 rings (SSSR count). The number of carbonyl (C=O) groups is 1. The van der Waals surface area contributed by atoms with Crippen LogP contribution in [0.1, 0.15) is 22.8 Å². The van der Waals surface area contributed by atoms with E-state index in [1.165, 1.54) is 0 Å². The largest absolute Gasteiger partial charge is 0.490 e. The lowest BCUT2D eigenvalue weighted by Gasteiger charge is -2.13. The van der Waals surface area contributed by atoms with Gasteiger partial charge in [-0.1, -0.05) is 24.8 Å². The first-order valence-electron chi connectivity index (χ1n) is 7.84. The summed E-state index contributed by atoms with van der Waals surface area (Å²) in [6, 6.07) is 10.9. The molecule has 0 aliphatic heterocycles. The third kappa shape index (κ3) is 5.57. The quantitative estimate of drug-likeness (QED) is 0.232. The number of rotatable bonds is 8. The summed E-state index contributed by atoms with van der Waals surface area (Å²) < 4.78 is 12.9. The third-order valence-corrected chi connectivity index (χ3v) is 4.67. The van der Waals surface area contributed by atoms with Crippen molar-refractivity contribution in [2.45, 2.75) is 6.92 Å². The van der Waals surface area contributed by atoms with E-state index in [9.17, 15) is 4.79 Å². The molecule has 7 heteroatoms. The molecule has 0 radical (unpaired) electrons. The lowest BCUT2D eigenvalue weighted by atomic mass is 10.2. The monoisotopic (exact) mass is 528 g/mol. The van der Waals surface area contributed by atoms with Crippen molar-refractivity contribution in [3.8, 4) is 11.5 Å². The van der Waals surface area contributed by atoms with E-state index in [-0.39, 0.29) is 5.91 Å². The maximum Gasteiger partial charge on any atom is 0.272 e. The minimum atomic E-state index is -0.292. The fraction of sp³-hybridized carbons (Fsp3) is 0.158. The molecule has 0 aliphatic rings. The van der Waals surface area contributed by atoms with E-state index < -0.39 is 0 Å². The summed E-state index contributed by atoms with van der Waals surface area (Å²) in [7, 11) is 0. The van der Waals surface area contributed by atoms with E-state index in [0.29, 0.717) is 34.7 Å². The van der Waals surface area contributed by atoms with Crippen LogP contribution in [-0.4, -0.2) is 25.3 Å². The number of hydrogen-bond donors (Lipinski definition) is 1. The number of hydrogen-bond acceptors (Lipinski definition) is 4. The Bertz CT molecular complexity index is 824. The fourth-order valence-corrected chi connectivity index (χ4v) is 3.32. The Labute approximate surface area is 174 Å². The molecule has 1 amide bonds. The van der Waals surface area contributed by atoms with Crippen molar-refractivity contribution in [3.63, 3.8) is 0 Å². The van der Waals surface area contributed by atoms with Crippen LogP contribution in [0.5, 0.6) is 11.5 Å². The van der Waals surface area contributed by atoms with Crippen molar-refractivity contribution in [3.05, 3.63) is 68.2 Å². The second kappa shape index (κ2) is 10.3. The Morgan fingerprint density at radius 1 is 1.35 bits per heavy atom. The van der Waals surface area contributed by atoms with Gasteiger partial charge in [0, 0.05) is 4.47 Å². The van der Waals surface area contributed by atoms with Gasteiger partial charge in [-0.15, -0.1) is 0 Å². The average Bonchev–Trinajstić information content (AvgIpc) is 2.61. The average molecular weight is 529 g/mol. The van der Waals surface area contributed by atoms with Gasteiger partial charge in [0.05, 0.1) is 22.0 Å². The van der Waals surface area contributed by atoms with Crippen molar-refractivity contribution in [2.24, 2.45) is 5.10 Å². The maximum atomic E-state index is 12.2. The second-order valence-electron chi connectivity index (χ2n) is 5.04. The Kier molecular flexibility index (Phi) is 8.11. The Balaban J connectivity index is 2.15. The summed E-state index contributed by atoms with van der Waals surface area (Å²) in [5, 5.41) is 4.03. The Morgan fingerprint density at radius 2 is 2.12 bits per heavy atom. The molecule has 0 fully saturated rings. The van der Waals surface area contributed by atoms with Crippen molar-refractivity contribution in [1.29, 1.82) is 0 Å². The van der Waals surface area contributed by atoms with Gasteiger partial charge in [0.25, 0.3) is 5.91 Å². The van der Waals surface area contributed by atoms with Crippen molar-refractivity contribution >= 4 is 50.6 Å². The highest BCUT2D eigenvalue weighted by Gasteiger charge is 2.12. The zero-order chi connectivity index (χ0) is 18.9. The molecular weight excluding hydrogens is 511 g/mol. The van der Waals surface area contributed by atoms with Gasteiger partial charge < -0.3 is 9.47 Å². The van der Waals surface area contributed by atoms with E-state index >= 15 is 0 Å². The molecule has 0 saturated heterocycles. The van der Waals surface area contributed by atoms with E-state index in [0.717, 1.165) is 9.13 Å². The van der Waals surface area contributed by atoms with Crippen molar-refractivity contribution in [1.82, 2.24) is 5.43 Å². The number of nitrogens with zero attached hydrogens (tertiary/aromatic N) is 1. The molecule has 0 spiro atoms. The van der Waals surface area contributed by atoms with Crippen LogP contribution in [-0.2, 0) is 0 Å². The maximum absolute atomic E-state index is 12.2. The molecule has 0 aromatic heterocycles. The number of nitrogens with one attached hydrogen (secondary N) is 1. The van der Waals surface area contributed by atoms with Crippen LogP contribution in [0, 0.1) is 3.57 Å². The standard InChI is InChI=1S/C19H18BrIN2O3/c1-3-9-26-18-16(21)10-13(11-17(18)25-4-2)12-22-23-19(24)14-7-5-6-8-15(14)20/h3,5-8,10-12H,1,4,9H2,2H3,(H,23,24)/b22-12+. The van der Waals surface area contributed by atoms with Gasteiger partial charge >= 0.3 is 0 Å². The summed E-state index contributed by atoms with van der Waals surface area (Å²) in [5.74, 6) is 1.00. The lowest BCUT2D eigenvalue weighted by molar-refractivity contribution is 0.0954. The molecule has 0 bridgehead atoms. The van der Waals surface area contributed by atoms with E-state index in [4.69, 9.17) is 9.47 Å². The highest BCUT2D eigenvalue weighted by molar-refractivity contribution is 14.1. The van der Waals surface area contributed by atoms with E-state index in [2.05, 4.69) is 55.6 Å². The second-order valence-corrected chi connectivity index (χ2v) is 7.06. The number of carbonyl (C=O) groups excluding carboxylic acids is 1. The number of halogens is 2. The predicted octanol–water partition coefficient (Wildman–Crippen LogP) is 4.78. The highest BCUT2D eigenvalue weighted by atomic mass is 127. The first-order valence-corrected chi connectivity index (χ1v) is 9.72. The lowest BCUT2D eigenvalue weighted by Crippen LogP contribution is -2.18. The third-order valence-electron chi connectivity index (χ3n) is 3.18. The van der Waals surface area contributed by atoms with Gasteiger partial charge in [0.1, 0.15) is 6.61 Å². The minimum Gasteiger partial charge on any atom is -0.490 e. The van der Waals surface area contributed by atoms with Gasteiger partial charge in [-0.25, -0.2) is 5.43 Å². The summed E-state index contributed by atoms with van der Waals surface area (Å²) in [4.78, 5) is 12.2. The van der Waals surface area contributed by atoms with Gasteiger partial charge in [0.15, 0.2) is 11.5 Å². The zero-order valence-corrected chi connectivity index (χ0v) is 17.9. The van der Waals surface area contributed by atoms with Gasteiger partial charge in [-0.3, -0.25) is 4.79 Å². The molecule has 26 heavy (non-hydrogen) atoms. The SMILES string of the molecule is C=CCOc1c(I)cc(/C=N/NC(=O)c2ccccc2Br)cc1OCC. The fourth-order valence-electron chi connectivity index (χ4n) is 2.08. The summed E-state index contributed by atoms with van der Waals surface area (Å²) in [5.41, 5.74) is 3.83. The molecule has 0 unspecified atom stereocenters. The molecule has 0 saturated carbocycles. The van der Waals surface area contributed by atoms with Crippen LogP contribution in [0.25, 0.3) is 0 Å². The van der Waals surface area contributed by atoms with Crippen LogP contribution in [0.4, 0.5) is 0 Å². The van der Waals surface area contributed by atoms with Gasteiger partial charge in [-0.05, 0) is 75.3 Å². The number of amides is 1. The van der Waals surface area contributed by atoms with Crippen LogP contribution >= 0.6 is 38.5 Å². The first-order chi connectivity index (χ1) is 12.6. The van der Waals surface area contributed by atoms with Crippen LogP contribution < -0.4 is 14.9 Å². The van der Waals surface area contributed by atoms with Gasteiger partial charge in [0.2, 0.25) is 0 Å². The van der Waals surface area contributed by atoms with E-state index in [1.807, 2.05) is 25.1 Å². The highest BCUT2D eigenvalue weighted by Crippen LogP contribution is 2.33. The van der Waals surface area contributed by atoms with E-state index in [1.54, 1.807) is 30.5 Å². The van der Waals surface area contributed by atoms with Crippen LogP contribution in [0.2, 0.25) is 0 Å². The molecule has 0 atom stereocenters. The van der Waals surface area contributed by atoms with Crippen LogP contribution in [0.3, 0.4) is 0 Å². The van der Waals surface area contributed by atoms with Crippen molar-refractivity contribution in [2.75, 3.05) is 13.2 Å². The molecule has 136 valence electrons. The number of hydrazone groups is 1. The summed E-state index contributed by atoms with van der Waals surface area (Å²) in [6.07, 6.45) is 3.25. The van der Waals surface area contributed by atoms with Crippen LogP contribution in [0.15, 0.2) is 58.6 Å². The smallest absolute Gasteiger partial charge is 0.272 e. The molecule has 2 aromatic rings. The molecule has 0 aliphatic carbocycles. The topological polar surface area (TPSA) is 59.9 Å². The molecule has 5 nitrogen and oxygen atoms in total. The molecule has 1 N–H and O–H groups in total. The minimum absolute atomic E-state index is 0.292. The zero-order valence-electron chi connectivity index (χ0n) is 14.2. The Hall–Kier alpha value is -1.87. The predicted molar refractivity (Wildman–Crippen MR) is 115 cm³/mol. The van der Waals surface area contributed by atoms with Gasteiger partial charge in [-0.2, -0.15) is 5.10 Å². The molecule has 2 aromatic carbocycles. The Morgan fingerprint density at radius 3 is 2.81 bits per heavy atom. The first kappa shape index (κ1) is 20.4. The molecular formula is C19H18BrIN2O3. The number of ether oxygens (including phenoxy) is 2. The summed E-state index contributed by atoms with van der Waals surface area (Å²) >= 11 is 5.52. The normalized spacial score (nSPS) is 10.6. The van der Waals surface area contributed by atoms with Crippen molar-refractivity contribution < 1.29 is 14.3 Å². The molecule has 0 heterocycles. The number of benzene rings is 2. The summed E-state index contributed by atoms with van der Waals surface area (Å²) in [6.45, 7) is 6.47.